The van der Waals surface area contributed by atoms with E-state index in [2.05, 4.69) is 10.6 Å². The van der Waals surface area contributed by atoms with E-state index in [1.807, 2.05) is 0 Å². The molecule has 0 atom stereocenters. The predicted octanol–water partition coefficient (Wildman–Crippen LogP) is 1.98. The summed E-state index contributed by atoms with van der Waals surface area (Å²) in [5.41, 5.74) is 0.115. The molecule has 1 amide bonds. The molecule has 7 nitrogen and oxygen atoms in total. The lowest BCUT2D eigenvalue weighted by atomic mass is 10.2. The molecular formula is C16H15FN2O5S. The molecule has 0 fully saturated rings. The van der Waals surface area contributed by atoms with Gasteiger partial charge in [-0.3, -0.25) is 4.79 Å². The summed E-state index contributed by atoms with van der Waals surface area (Å²) in [5, 5.41) is 14.1. The Morgan fingerprint density at radius 1 is 1.12 bits per heavy atom. The maximum Gasteiger partial charge on any atom is 0.337 e. The maximum absolute atomic E-state index is 13.3. The van der Waals surface area contributed by atoms with Gasteiger partial charge in [-0.1, -0.05) is 12.1 Å². The van der Waals surface area contributed by atoms with Gasteiger partial charge in [-0.2, -0.15) is 0 Å². The van der Waals surface area contributed by atoms with Crippen LogP contribution in [0.3, 0.4) is 0 Å². The van der Waals surface area contributed by atoms with Crippen LogP contribution in [0.4, 0.5) is 15.8 Å². The Morgan fingerprint density at radius 3 is 2.44 bits per heavy atom. The third-order valence-electron chi connectivity index (χ3n) is 3.21. The molecule has 0 heterocycles. The Balaban J connectivity index is 2.13. The van der Waals surface area contributed by atoms with E-state index in [9.17, 15) is 22.4 Å². The van der Waals surface area contributed by atoms with Crippen molar-refractivity contribution in [3.8, 4) is 0 Å². The standard InChI is InChI=1S/C16H15FN2O5S/c1-25(23,24)14-8-10(17)6-7-13(14)18-9-15(20)19-12-5-3-2-4-11(12)16(21)22/h2-8,18H,9H2,1H3,(H,19,20)(H,21,22). The topological polar surface area (TPSA) is 113 Å². The molecule has 2 aromatic carbocycles. The molecule has 2 rings (SSSR count). The second-order valence-electron chi connectivity index (χ2n) is 5.17. The van der Waals surface area contributed by atoms with Crippen molar-refractivity contribution >= 4 is 33.1 Å². The summed E-state index contributed by atoms with van der Waals surface area (Å²) in [6, 6.07) is 8.99. The van der Waals surface area contributed by atoms with Crippen molar-refractivity contribution < 1.29 is 27.5 Å². The average molecular weight is 366 g/mol. The lowest BCUT2D eigenvalue weighted by Gasteiger charge is -2.12. The summed E-state index contributed by atoms with van der Waals surface area (Å²) in [5.74, 6) is -2.50. The molecule has 0 aliphatic heterocycles. The molecule has 9 heteroatoms. The summed E-state index contributed by atoms with van der Waals surface area (Å²) in [4.78, 5) is 22.8. The van der Waals surface area contributed by atoms with Crippen LogP contribution in [0.2, 0.25) is 0 Å². The SMILES string of the molecule is CS(=O)(=O)c1cc(F)ccc1NCC(=O)Nc1ccccc1C(=O)O. The van der Waals surface area contributed by atoms with Crippen LogP contribution in [0.25, 0.3) is 0 Å². The second-order valence-corrected chi connectivity index (χ2v) is 7.15. The van der Waals surface area contributed by atoms with Crippen molar-refractivity contribution in [3.05, 3.63) is 53.8 Å². The van der Waals surface area contributed by atoms with E-state index >= 15 is 0 Å². The van der Waals surface area contributed by atoms with Crippen LogP contribution in [0, 0.1) is 5.82 Å². The molecular weight excluding hydrogens is 351 g/mol. The van der Waals surface area contributed by atoms with E-state index in [1.165, 1.54) is 24.3 Å². The first-order valence-electron chi connectivity index (χ1n) is 7.04. The highest BCUT2D eigenvalue weighted by Crippen LogP contribution is 2.22. The number of halogens is 1. The van der Waals surface area contributed by atoms with Crippen LogP contribution in [0.1, 0.15) is 10.4 Å². The zero-order valence-corrected chi connectivity index (χ0v) is 13.9. The second kappa shape index (κ2) is 7.31. The summed E-state index contributed by atoms with van der Waals surface area (Å²) < 4.78 is 36.6. The fourth-order valence-electron chi connectivity index (χ4n) is 2.10. The van der Waals surface area contributed by atoms with Gasteiger partial charge in [0.15, 0.2) is 9.84 Å². The Morgan fingerprint density at radius 2 is 1.80 bits per heavy atom. The Hall–Kier alpha value is -2.94. The number of carboxylic acid groups (broad SMARTS) is 1. The van der Waals surface area contributed by atoms with E-state index in [0.29, 0.717) is 0 Å². The molecule has 0 radical (unpaired) electrons. The molecule has 0 aromatic heterocycles. The quantitative estimate of drug-likeness (QED) is 0.721. The van der Waals surface area contributed by atoms with Crippen LogP contribution in [0.5, 0.6) is 0 Å². The molecule has 2 aromatic rings. The first-order chi connectivity index (χ1) is 11.7. The first kappa shape index (κ1) is 18.4. The number of benzene rings is 2. The minimum atomic E-state index is -3.69. The number of carbonyl (C=O) groups excluding carboxylic acids is 1. The van der Waals surface area contributed by atoms with Gasteiger partial charge in [-0.25, -0.2) is 17.6 Å². The van der Waals surface area contributed by atoms with E-state index in [-0.39, 0.29) is 28.4 Å². The van der Waals surface area contributed by atoms with E-state index < -0.39 is 27.5 Å². The maximum atomic E-state index is 13.3. The van der Waals surface area contributed by atoms with Crippen molar-refractivity contribution in [1.29, 1.82) is 0 Å². The number of carbonyl (C=O) groups is 2. The van der Waals surface area contributed by atoms with Crippen LogP contribution in [-0.2, 0) is 14.6 Å². The smallest absolute Gasteiger partial charge is 0.337 e. The molecule has 3 N–H and O–H groups in total. The molecule has 25 heavy (non-hydrogen) atoms. The number of para-hydroxylation sites is 1. The zero-order chi connectivity index (χ0) is 18.6. The fraction of sp³-hybridized carbons (Fsp3) is 0.125. The van der Waals surface area contributed by atoms with Gasteiger partial charge < -0.3 is 15.7 Å². The highest BCUT2D eigenvalue weighted by molar-refractivity contribution is 7.90. The first-order valence-corrected chi connectivity index (χ1v) is 8.93. The van der Waals surface area contributed by atoms with Gasteiger partial charge in [0, 0.05) is 6.26 Å². The molecule has 0 saturated heterocycles. The zero-order valence-electron chi connectivity index (χ0n) is 13.1. The average Bonchev–Trinajstić information content (AvgIpc) is 2.53. The molecule has 0 aliphatic rings. The lowest BCUT2D eigenvalue weighted by molar-refractivity contribution is -0.114. The Kier molecular flexibility index (Phi) is 5.38. The monoisotopic (exact) mass is 366 g/mol. The number of carboxylic acids is 1. The number of amides is 1. The largest absolute Gasteiger partial charge is 0.478 e. The highest BCUT2D eigenvalue weighted by atomic mass is 32.2. The van der Waals surface area contributed by atoms with Gasteiger partial charge in [0.2, 0.25) is 5.91 Å². The minimum absolute atomic E-state index is 0.0746. The van der Waals surface area contributed by atoms with Gasteiger partial charge in [0.05, 0.1) is 28.4 Å². The van der Waals surface area contributed by atoms with Crippen LogP contribution in [-0.4, -0.2) is 38.2 Å². The number of aromatic carboxylic acids is 1. The van der Waals surface area contributed by atoms with Gasteiger partial charge in [0.1, 0.15) is 5.82 Å². The van der Waals surface area contributed by atoms with Gasteiger partial charge in [-0.05, 0) is 30.3 Å². The lowest BCUT2D eigenvalue weighted by Crippen LogP contribution is -2.23. The summed E-state index contributed by atoms with van der Waals surface area (Å²) in [7, 11) is -3.69. The normalized spacial score (nSPS) is 11.0. The van der Waals surface area contributed by atoms with Crippen LogP contribution < -0.4 is 10.6 Å². The number of rotatable bonds is 6. The van der Waals surface area contributed by atoms with Crippen molar-refractivity contribution in [1.82, 2.24) is 0 Å². The molecule has 0 bridgehead atoms. The molecule has 0 unspecified atom stereocenters. The number of nitrogens with one attached hydrogen (secondary N) is 2. The minimum Gasteiger partial charge on any atom is -0.478 e. The van der Waals surface area contributed by atoms with E-state index in [0.717, 1.165) is 18.4 Å². The van der Waals surface area contributed by atoms with Crippen LogP contribution in [0.15, 0.2) is 47.4 Å². The molecule has 0 aliphatic carbocycles. The van der Waals surface area contributed by atoms with Gasteiger partial charge in [0.25, 0.3) is 0 Å². The van der Waals surface area contributed by atoms with Gasteiger partial charge in [-0.15, -0.1) is 0 Å². The third kappa shape index (κ3) is 4.77. The number of sulfone groups is 1. The summed E-state index contributed by atoms with van der Waals surface area (Å²) >= 11 is 0. The van der Waals surface area contributed by atoms with Gasteiger partial charge >= 0.3 is 5.97 Å². The Bertz CT molecular complexity index is 928. The fourth-order valence-corrected chi connectivity index (χ4v) is 2.96. The van der Waals surface area contributed by atoms with Crippen molar-refractivity contribution in [2.45, 2.75) is 4.90 Å². The molecule has 0 saturated carbocycles. The van der Waals surface area contributed by atoms with Crippen molar-refractivity contribution in [2.24, 2.45) is 0 Å². The summed E-state index contributed by atoms with van der Waals surface area (Å²) in [6.07, 6.45) is 0.927. The predicted molar refractivity (Wildman–Crippen MR) is 90.0 cm³/mol. The summed E-state index contributed by atoms with van der Waals surface area (Å²) in [6.45, 7) is -0.331. The van der Waals surface area contributed by atoms with Crippen molar-refractivity contribution in [3.63, 3.8) is 0 Å². The molecule has 0 spiro atoms. The number of hydrogen-bond donors (Lipinski definition) is 3. The van der Waals surface area contributed by atoms with E-state index in [4.69, 9.17) is 5.11 Å². The third-order valence-corrected chi connectivity index (χ3v) is 4.35. The number of anilines is 2. The van der Waals surface area contributed by atoms with Crippen molar-refractivity contribution in [2.75, 3.05) is 23.4 Å². The molecule has 132 valence electrons. The van der Waals surface area contributed by atoms with E-state index in [1.54, 1.807) is 6.07 Å². The number of hydrogen-bond acceptors (Lipinski definition) is 5. The van der Waals surface area contributed by atoms with Crippen LogP contribution >= 0.6 is 0 Å². The highest BCUT2D eigenvalue weighted by Gasteiger charge is 2.16. The Labute approximate surface area is 143 Å².